The predicted octanol–water partition coefficient (Wildman–Crippen LogP) is 13.2. The van der Waals surface area contributed by atoms with Gasteiger partial charge in [0.25, 0.3) is 0 Å². The van der Waals surface area contributed by atoms with Gasteiger partial charge in [0.15, 0.2) is 12.6 Å². The summed E-state index contributed by atoms with van der Waals surface area (Å²) in [6.45, 7) is 2.82. The van der Waals surface area contributed by atoms with Gasteiger partial charge in [0.1, 0.15) is 48.8 Å². The molecule has 0 radical (unpaired) electrons. The van der Waals surface area contributed by atoms with Crippen molar-refractivity contribution in [2.45, 2.75) is 376 Å². The molecule has 81 heavy (non-hydrogen) atoms. The van der Waals surface area contributed by atoms with Crippen molar-refractivity contribution in [1.29, 1.82) is 0 Å². The molecule has 478 valence electrons. The molecule has 14 nitrogen and oxygen atoms in total. The Morgan fingerprint density at radius 2 is 0.790 bits per heavy atom. The zero-order chi connectivity index (χ0) is 58.8. The number of unbranched alkanes of at least 4 members (excludes halogenated alkanes) is 41. The maximum atomic E-state index is 13.3. The first kappa shape index (κ1) is 75.6. The summed E-state index contributed by atoms with van der Waals surface area (Å²) in [7, 11) is 0. The third kappa shape index (κ3) is 37.6. The van der Waals surface area contributed by atoms with Crippen LogP contribution in [0.1, 0.15) is 303 Å². The Bertz CT molecular complexity index is 1450. The topological polar surface area (TPSA) is 228 Å². The lowest BCUT2D eigenvalue weighted by molar-refractivity contribution is -0.359. The predicted molar refractivity (Wildman–Crippen MR) is 328 cm³/mol. The van der Waals surface area contributed by atoms with E-state index < -0.39 is 86.8 Å². The summed E-state index contributed by atoms with van der Waals surface area (Å²) in [5, 5.41) is 87.3. The van der Waals surface area contributed by atoms with Crippen molar-refractivity contribution >= 4 is 5.91 Å². The van der Waals surface area contributed by atoms with Gasteiger partial charge in [0.05, 0.1) is 32.0 Å². The highest BCUT2D eigenvalue weighted by molar-refractivity contribution is 5.76. The molecule has 2 aliphatic rings. The highest BCUT2D eigenvalue weighted by Gasteiger charge is 2.51. The number of nitrogens with one attached hydrogen (secondary N) is 1. The average molecular weight is 1150 g/mol. The summed E-state index contributed by atoms with van der Waals surface area (Å²) in [6, 6.07) is -0.928. The van der Waals surface area contributed by atoms with Gasteiger partial charge in [0.2, 0.25) is 5.91 Å². The van der Waals surface area contributed by atoms with E-state index in [-0.39, 0.29) is 18.9 Å². The van der Waals surface area contributed by atoms with Crippen LogP contribution in [-0.2, 0) is 23.7 Å². The van der Waals surface area contributed by atoms with E-state index in [1.54, 1.807) is 6.08 Å². The lowest BCUT2D eigenvalue weighted by Crippen LogP contribution is -2.65. The normalized spacial score (nSPS) is 24.2. The Kier molecular flexibility index (Phi) is 49.2. The van der Waals surface area contributed by atoms with Crippen molar-refractivity contribution < 1.29 is 64.6 Å². The third-order valence-corrected chi connectivity index (χ3v) is 16.9. The minimum atomic E-state index is -1.79. The SMILES string of the molecule is CCCCCCCCCCCCCC/C=C/CC/C=C/C(O)C(COC1OC(CO)C(OC2OC(CO)C(O)C(O)C2O)C(O)C1O)NC(=O)CCCCCCCCCCCCCCCCCCCCCCCCCCCCCCC. The van der Waals surface area contributed by atoms with Gasteiger partial charge in [-0.2, -0.15) is 0 Å². The van der Waals surface area contributed by atoms with Crippen molar-refractivity contribution in [3.05, 3.63) is 24.3 Å². The molecular weight excluding hydrogens is 1030 g/mol. The highest BCUT2D eigenvalue weighted by Crippen LogP contribution is 2.30. The van der Waals surface area contributed by atoms with Crippen LogP contribution in [0.25, 0.3) is 0 Å². The van der Waals surface area contributed by atoms with E-state index >= 15 is 0 Å². The molecule has 0 aromatic rings. The van der Waals surface area contributed by atoms with E-state index in [0.717, 1.165) is 32.1 Å². The van der Waals surface area contributed by atoms with Crippen LogP contribution < -0.4 is 5.32 Å². The third-order valence-electron chi connectivity index (χ3n) is 16.9. The van der Waals surface area contributed by atoms with Crippen LogP contribution >= 0.6 is 0 Å². The number of rotatable bonds is 56. The second kappa shape index (κ2) is 52.8. The Labute approximate surface area is 494 Å². The molecule has 0 aliphatic carbocycles. The molecule has 2 fully saturated rings. The van der Waals surface area contributed by atoms with Crippen LogP contribution in [0.5, 0.6) is 0 Å². The molecule has 2 rings (SSSR count). The number of aliphatic hydroxyl groups is 8. The summed E-state index contributed by atoms with van der Waals surface area (Å²) < 4.78 is 22.8. The summed E-state index contributed by atoms with van der Waals surface area (Å²) in [4.78, 5) is 13.3. The fraction of sp³-hybridized carbons (Fsp3) is 0.925. The molecule has 9 N–H and O–H groups in total. The molecule has 0 aromatic carbocycles. The largest absolute Gasteiger partial charge is 0.394 e. The van der Waals surface area contributed by atoms with Gasteiger partial charge < -0.3 is 65.1 Å². The zero-order valence-electron chi connectivity index (χ0n) is 51.8. The number of amides is 1. The summed E-state index contributed by atoms with van der Waals surface area (Å²) in [6.07, 6.45) is 48.1. The number of carbonyl (C=O) groups is 1. The monoisotopic (exact) mass is 1150 g/mol. The Morgan fingerprint density at radius 3 is 1.21 bits per heavy atom. The molecular formula is C67H127NO13. The molecule has 2 aliphatic heterocycles. The van der Waals surface area contributed by atoms with Crippen LogP contribution in [0.15, 0.2) is 24.3 Å². The first-order chi connectivity index (χ1) is 39.6. The van der Waals surface area contributed by atoms with Crippen molar-refractivity contribution in [2.75, 3.05) is 19.8 Å². The summed E-state index contributed by atoms with van der Waals surface area (Å²) in [5.41, 5.74) is 0. The number of hydrogen-bond acceptors (Lipinski definition) is 13. The molecule has 1 amide bonds. The van der Waals surface area contributed by atoms with Crippen LogP contribution in [0.4, 0.5) is 0 Å². The van der Waals surface area contributed by atoms with Gasteiger partial charge in [-0.05, 0) is 32.1 Å². The molecule has 0 spiro atoms. The van der Waals surface area contributed by atoms with Crippen LogP contribution in [0, 0.1) is 0 Å². The molecule has 2 heterocycles. The fourth-order valence-electron chi connectivity index (χ4n) is 11.4. The van der Waals surface area contributed by atoms with Gasteiger partial charge in [-0.1, -0.05) is 289 Å². The summed E-state index contributed by atoms with van der Waals surface area (Å²) in [5.74, 6) is -0.242. The summed E-state index contributed by atoms with van der Waals surface area (Å²) >= 11 is 0. The number of hydrogen-bond donors (Lipinski definition) is 9. The maximum Gasteiger partial charge on any atom is 0.220 e. The number of carbonyl (C=O) groups excluding carboxylic acids is 1. The lowest BCUT2D eigenvalue weighted by Gasteiger charge is -2.46. The second-order valence-corrected chi connectivity index (χ2v) is 24.3. The molecule has 14 heteroatoms. The van der Waals surface area contributed by atoms with Crippen LogP contribution in [0.2, 0.25) is 0 Å². The van der Waals surface area contributed by atoms with Gasteiger partial charge in [-0.3, -0.25) is 4.79 Å². The smallest absolute Gasteiger partial charge is 0.220 e. The molecule has 0 bridgehead atoms. The molecule has 0 aromatic heterocycles. The maximum absolute atomic E-state index is 13.3. The van der Waals surface area contributed by atoms with Crippen molar-refractivity contribution in [2.24, 2.45) is 0 Å². The molecule has 0 saturated carbocycles. The highest BCUT2D eigenvalue weighted by atomic mass is 16.7. The van der Waals surface area contributed by atoms with Crippen molar-refractivity contribution in [3.63, 3.8) is 0 Å². The minimum Gasteiger partial charge on any atom is -0.394 e. The van der Waals surface area contributed by atoms with Gasteiger partial charge in [0, 0.05) is 6.42 Å². The van der Waals surface area contributed by atoms with E-state index in [1.807, 2.05) is 6.08 Å². The second-order valence-electron chi connectivity index (χ2n) is 24.3. The zero-order valence-corrected chi connectivity index (χ0v) is 51.8. The van der Waals surface area contributed by atoms with Gasteiger partial charge in [-0.15, -0.1) is 0 Å². The number of allylic oxidation sites excluding steroid dienone is 3. The quantitative estimate of drug-likeness (QED) is 0.0204. The fourth-order valence-corrected chi connectivity index (χ4v) is 11.4. The Balaban J connectivity index is 1.67. The molecule has 12 unspecified atom stereocenters. The van der Waals surface area contributed by atoms with Gasteiger partial charge >= 0.3 is 0 Å². The first-order valence-corrected chi connectivity index (χ1v) is 34.1. The first-order valence-electron chi connectivity index (χ1n) is 34.1. The van der Waals surface area contributed by atoms with E-state index in [4.69, 9.17) is 18.9 Å². The lowest BCUT2D eigenvalue weighted by atomic mass is 9.97. The molecule has 12 atom stereocenters. The van der Waals surface area contributed by atoms with Gasteiger partial charge in [-0.25, -0.2) is 0 Å². The Hall–Kier alpha value is -1.53. The van der Waals surface area contributed by atoms with Crippen LogP contribution in [0.3, 0.4) is 0 Å². The number of aliphatic hydroxyl groups excluding tert-OH is 8. The average Bonchev–Trinajstić information content (AvgIpc) is 3.48. The van der Waals surface area contributed by atoms with Crippen molar-refractivity contribution in [1.82, 2.24) is 5.32 Å². The van der Waals surface area contributed by atoms with E-state index in [9.17, 15) is 45.6 Å². The van der Waals surface area contributed by atoms with Crippen molar-refractivity contribution in [3.8, 4) is 0 Å². The van der Waals surface area contributed by atoms with E-state index in [1.165, 1.54) is 238 Å². The van der Waals surface area contributed by atoms with Crippen LogP contribution in [-0.4, -0.2) is 140 Å². The minimum absolute atomic E-state index is 0.242. The standard InChI is InChI=1S/C67H127NO13/c1-3-5-7-9-11-13-15-17-19-21-23-24-25-26-27-28-29-30-31-32-33-35-37-39-41-43-45-47-49-51-59(72)68-55(56(71)50-48-46-44-42-40-38-36-34-22-20-18-16-14-12-10-8-6-4-2)54-78-66-64(77)62(75)65(58(53-70)80-66)81-67-63(76)61(74)60(73)57(52-69)79-67/h40,42,48,50,55-58,60-67,69-71,73-77H,3-39,41,43-47,49,51-54H2,1-2H3,(H,68,72)/b42-40+,50-48+. The van der Waals surface area contributed by atoms with E-state index in [0.29, 0.717) is 12.8 Å². The Morgan fingerprint density at radius 1 is 0.432 bits per heavy atom. The number of ether oxygens (including phenoxy) is 4. The van der Waals surface area contributed by atoms with E-state index in [2.05, 4.69) is 31.3 Å². The molecule has 2 saturated heterocycles.